The third-order valence-electron chi connectivity index (χ3n) is 5.16. The van der Waals surface area contributed by atoms with Gasteiger partial charge in [0.25, 0.3) is 5.91 Å². The molecule has 1 atom stereocenters. The van der Waals surface area contributed by atoms with Gasteiger partial charge in [0.05, 0.1) is 0 Å². The van der Waals surface area contributed by atoms with Crippen LogP contribution in [0.25, 0.3) is 0 Å². The van der Waals surface area contributed by atoms with Crippen molar-refractivity contribution in [2.75, 3.05) is 33.3 Å². The van der Waals surface area contributed by atoms with Gasteiger partial charge in [-0.05, 0) is 25.6 Å². The van der Waals surface area contributed by atoms with Crippen LogP contribution in [0, 0.1) is 0 Å². The van der Waals surface area contributed by atoms with Gasteiger partial charge in [-0.3, -0.25) is 4.79 Å². The summed E-state index contributed by atoms with van der Waals surface area (Å²) in [6.45, 7) is 3.45. The molecule has 6 nitrogen and oxygen atoms in total. The van der Waals surface area contributed by atoms with E-state index in [1.807, 2.05) is 41.4 Å². The third-order valence-corrected chi connectivity index (χ3v) is 5.16. The maximum atomic E-state index is 12.4. The number of benzene rings is 1. The highest BCUT2D eigenvalue weighted by molar-refractivity contribution is 5.78. The van der Waals surface area contributed by atoms with E-state index in [0.29, 0.717) is 6.54 Å². The van der Waals surface area contributed by atoms with Crippen molar-refractivity contribution in [3.05, 3.63) is 53.6 Å². The van der Waals surface area contributed by atoms with Gasteiger partial charge in [0.1, 0.15) is 11.6 Å². The summed E-state index contributed by atoms with van der Waals surface area (Å²) in [4.78, 5) is 26.0. The Balaban J connectivity index is 1.35. The average molecular weight is 352 g/mol. The zero-order valence-corrected chi connectivity index (χ0v) is 15.1. The predicted octanol–water partition coefficient (Wildman–Crippen LogP) is 1.86. The van der Waals surface area contributed by atoms with Crippen LogP contribution in [0.1, 0.15) is 29.4 Å². The minimum Gasteiger partial charge on any atom is -0.484 e. The van der Waals surface area contributed by atoms with Gasteiger partial charge >= 0.3 is 0 Å². The van der Waals surface area contributed by atoms with Crippen LogP contribution in [0.15, 0.2) is 36.5 Å². The van der Waals surface area contributed by atoms with Crippen LogP contribution in [0.3, 0.4) is 0 Å². The lowest BCUT2D eigenvalue weighted by atomic mass is 10.1. The second-order valence-electron chi connectivity index (χ2n) is 7.11. The third kappa shape index (κ3) is 3.70. The lowest BCUT2D eigenvalue weighted by molar-refractivity contribution is -0.132. The first kappa shape index (κ1) is 17.0. The molecule has 0 radical (unpaired) electrons. The smallest absolute Gasteiger partial charge is 0.260 e. The van der Waals surface area contributed by atoms with Crippen molar-refractivity contribution in [3.63, 3.8) is 0 Å². The van der Waals surface area contributed by atoms with E-state index in [1.165, 1.54) is 11.3 Å². The van der Waals surface area contributed by atoms with Crippen LogP contribution in [-0.2, 0) is 17.8 Å². The summed E-state index contributed by atoms with van der Waals surface area (Å²) < 4.78 is 5.58. The largest absolute Gasteiger partial charge is 0.484 e. The highest BCUT2D eigenvalue weighted by Gasteiger charge is 2.30. The van der Waals surface area contributed by atoms with Crippen molar-refractivity contribution in [2.45, 2.75) is 25.3 Å². The Kier molecular flexibility index (Phi) is 4.84. The molecular formula is C20H24N4O2. The normalized spacial score (nSPS) is 20.0. The second kappa shape index (κ2) is 7.41. The van der Waals surface area contributed by atoms with E-state index in [1.54, 1.807) is 0 Å². The molecule has 0 unspecified atom stereocenters. The number of fused-ring (bicyclic) bond motifs is 1. The van der Waals surface area contributed by atoms with E-state index >= 15 is 0 Å². The SMILES string of the molecule is CN1CCc2nc([C@H]3CCN(C(=O)COc4ccccc4)C3)ncc2C1. The molecule has 0 N–H and O–H groups in total. The summed E-state index contributed by atoms with van der Waals surface area (Å²) in [5.41, 5.74) is 2.40. The molecule has 136 valence electrons. The fraction of sp³-hybridized carbons (Fsp3) is 0.450. The maximum Gasteiger partial charge on any atom is 0.260 e. The van der Waals surface area contributed by atoms with E-state index in [9.17, 15) is 4.79 Å². The molecule has 1 aromatic carbocycles. The molecule has 0 aliphatic carbocycles. The van der Waals surface area contributed by atoms with Crippen molar-refractivity contribution >= 4 is 5.91 Å². The number of rotatable bonds is 4. The molecule has 0 saturated carbocycles. The number of amides is 1. The maximum absolute atomic E-state index is 12.4. The summed E-state index contributed by atoms with van der Waals surface area (Å²) in [5.74, 6) is 1.85. The zero-order chi connectivity index (χ0) is 17.9. The van der Waals surface area contributed by atoms with E-state index in [-0.39, 0.29) is 18.4 Å². The molecule has 0 bridgehead atoms. The topological polar surface area (TPSA) is 58.6 Å². The van der Waals surface area contributed by atoms with E-state index in [2.05, 4.69) is 16.9 Å². The Hall–Kier alpha value is -2.47. The molecule has 1 fully saturated rings. The lowest BCUT2D eigenvalue weighted by Gasteiger charge is -2.24. The summed E-state index contributed by atoms with van der Waals surface area (Å²) in [6, 6.07) is 9.45. The van der Waals surface area contributed by atoms with Crippen LogP contribution in [0.4, 0.5) is 0 Å². The van der Waals surface area contributed by atoms with E-state index in [4.69, 9.17) is 9.72 Å². The van der Waals surface area contributed by atoms with Gasteiger partial charge in [0, 0.05) is 56.0 Å². The predicted molar refractivity (Wildman–Crippen MR) is 97.9 cm³/mol. The Morgan fingerprint density at radius 3 is 2.96 bits per heavy atom. The molecule has 2 aromatic rings. The summed E-state index contributed by atoms with van der Waals surface area (Å²) in [5, 5.41) is 0. The first-order chi connectivity index (χ1) is 12.7. The van der Waals surface area contributed by atoms with Crippen LogP contribution < -0.4 is 4.74 Å². The Morgan fingerprint density at radius 2 is 2.12 bits per heavy atom. The standard InChI is InChI=1S/C20H24N4O2/c1-23-9-8-18-16(12-23)11-21-20(22-18)15-7-10-24(13-15)19(25)14-26-17-5-3-2-4-6-17/h2-6,11,15H,7-10,12-14H2,1H3/t15-/m0/s1. The molecule has 6 heteroatoms. The Bertz CT molecular complexity index is 781. The molecule has 4 rings (SSSR count). The highest BCUT2D eigenvalue weighted by Crippen LogP contribution is 2.26. The fourth-order valence-electron chi connectivity index (χ4n) is 3.62. The second-order valence-corrected chi connectivity index (χ2v) is 7.11. The number of nitrogens with zero attached hydrogens (tertiary/aromatic N) is 4. The number of para-hydroxylation sites is 1. The van der Waals surface area contributed by atoms with Gasteiger partial charge in [0.2, 0.25) is 0 Å². The molecular weight excluding hydrogens is 328 g/mol. The lowest BCUT2D eigenvalue weighted by Crippen LogP contribution is -2.33. The van der Waals surface area contributed by atoms with Crippen LogP contribution in [0.5, 0.6) is 5.75 Å². The first-order valence-corrected chi connectivity index (χ1v) is 9.18. The molecule has 1 saturated heterocycles. The number of likely N-dealkylation sites (tertiary alicyclic amines) is 1. The highest BCUT2D eigenvalue weighted by atomic mass is 16.5. The van der Waals surface area contributed by atoms with E-state index < -0.39 is 0 Å². The number of hydrogen-bond donors (Lipinski definition) is 0. The average Bonchev–Trinajstić information content (AvgIpc) is 3.17. The van der Waals surface area contributed by atoms with E-state index in [0.717, 1.165) is 44.0 Å². The van der Waals surface area contributed by atoms with Gasteiger partial charge < -0.3 is 14.5 Å². The molecule has 0 spiro atoms. The van der Waals surface area contributed by atoms with Crippen LogP contribution in [-0.4, -0.2) is 59.0 Å². The summed E-state index contributed by atoms with van der Waals surface area (Å²) >= 11 is 0. The fourth-order valence-corrected chi connectivity index (χ4v) is 3.62. The van der Waals surface area contributed by atoms with Gasteiger partial charge in [-0.15, -0.1) is 0 Å². The number of carbonyl (C=O) groups excluding carboxylic acids is 1. The van der Waals surface area contributed by atoms with Crippen molar-refractivity contribution in [2.24, 2.45) is 0 Å². The minimum absolute atomic E-state index is 0.0240. The zero-order valence-electron chi connectivity index (χ0n) is 15.1. The molecule has 1 aromatic heterocycles. The minimum atomic E-state index is 0.0240. The Labute approximate surface area is 153 Å². The molecule has 26 heavy (non-hydrogen) atoms. The first-order valence-electron chi connectivity index (χ1n) is 9.18. The van der Waals surface area contributed by atoms with Crippen molar-refractivity contribution in [1.29, 1.82) is 0 Å². The van der Waals surface area contributed by atoms with Crippen molar-refractivity contribution in [3.8, 4) is 5.75 Å². The molecule has 2 aliphatic rings. The molecule has 3 heterocycles. The molecule has 2 aliphatic heterocycles. The van der Waals surface area contributed by atoms with Crippen molar-refractivity contribution < 1.29 is 9.53 Å². The summed E-state index contributed by atoms with van der Waals surface area (Å²) in [6.07, 6.45) is 3.85. The number of hydrogen-bond acceptors (Lipinski definition) is 5. The quantitative estimate of drug-likeness (QED) is 0.841. The van der Waals surface area contributed by atoms with Gasteiger partial charge in [-0.1, -0.05) is 18.2 Å². The Morgan fingerprint density at radius 1 is 1.27 bits per heavy atom. The number of likely N-dealkylation sites (N-methyl/N-ethyl adjacent to an activating group) is 1. The van der Waals surface area contributed by atoms with Crippen LogP contribution in [0.2, 0.25) is 0 Å². The van der Waals surface area contributed by atoms with Crippen LogP contribution >= 0.6 is 0 Å². The monoisotopic (exact) mass is 352 g/mol. The van der Waals surface area contributed by atoms with Gasteiger partial charge in [-0.25, -0.2) is 9.97 Å². The molecule has 1 amide bonds. The number of ether oxygens (including phenoxy) is 1. The van der Waals surface area contributed by atoms with Gasteiger partial charge in [0.15, 0.2) is 6.61 Å². The number of carbonyl (C=O) groups is 1. The summed E-state index contributed by atoms with van der Waals surface area (Å²) in [7, 11) is 2.12. The van der Waals surface area contributed by atoms with Crippen molar-refractivity contribution in [1.82, 2.24) is 19.8 Å². The number of aromatic nitrogens is 2. The van der Waals surface area contributed by atoms with Gasteiger partial charge in [-0.2, -0.15) is 0 Å².